The Labute approximate surface area is 90.6 Å². The Morgan fingerprint density at radius 3 is 2.79 bits per heavy atom. The fraction of sp³-hybridized carbons (Fsp3) is 0.333. The summed E-state index contributed by atoms with van der Waals surface area (Å²) in [5.41, 5.74) is 0. The summed E-state index contributed by atoms with van der Waals surface area (Å²) >= 11 is 1.88. The van der Waals surface area contributed by atoms with Crippen LogP contribution in [0.1, 0.15) is 6.92 Å². The quantitative estimate of drug-likeness (QED) is 0.437. The second-order valence-corrected chi connectivity index (χ2v) is 4.31. The summed E-state index contributed by atoms with van der Waals surface area (Å²) in [6, 6.07) is 10.9. The summed E-state index contributed by atoms with van der Waals surface area (Å²) in [4.78, 5) is 1.33. The number of thioether (sulfide) groups is 1. The smallest absolute Gasteiger partial charge is 0.0219 e. The van der Waals surface area contributed by atoms with Gasteiger partial charge in [-0.2, -0.15) is 0 Å². The molecule has 0 heterocycles. The lowest BCUT2D eigenvalue weighted by Crippen LogP contribution is -2.25. The molecule has 0 fully saturated rings. The van der Waals surface area contributed by atoms with Crippen molar-refractivity contribution in [2.24, 2.45) is 0 Å². The molecule has 0 spiro atoms. The molecule has 0 saturated heterocycles. The molecule has 1 unspecified atom stereocenters. The predicted molar refractivity (Wildman–Crippen MR) is 64.8 cm³/mol. The summed E-state index contributed by atoms with van der Waals surface area (Å²) in [6.45, 7) is 6.86. The highest BCUT2D eigenvalue weighted by molar-refractivity contribution is 7.99. The molecule has 0 aromatic heterocycles. The highest BCUT2D eigenvalue weighted by Gasteiger charge is 1.95. The van der Waals surface area contributed by atoms with E-state index in [4.69, 9.17) is 0 Å². The van der Waals surface area contributed by atoms with Crippen LogP contribution in [0.2, 0.25) is 0 Å². The highest BCUT2D eigenvalue weighted by atomic mass is 32.2. The molecule has 0 aliphatic heterocycles. The summed E-state index contributed by atoms with van der Waals surface area (Å²) in [7, 11) is 0. The number of hydrogen-bond acceptors (Lipinski definition) is 2. The Morgan fingerprint density at radius 1 is 1.43 bits per heavy atom. The van der Waals surface area contributed by atoms with Crippen molar-refractivity contribution in [1.82, 2.24) is 5.32 Å². The molecular formula is C12H17NS. The van der Waals surface area contributed by atoms with Crippen LogP contribution in [0.5, 0.6) is 0 Å². The number of hydrogen-bond donors (Lipinski definition) is 1. The summed E-state index contributed by atoms with van der Waals surface area (Å²) in [5, 5.41) is 3.36. The zero-order chi connectivity index (χ0) is 10.2. The molecule has 2 heteroatoms. The van der Waals surface area contributed by atoms with Crippen molar-refractivity contribution >= 4 is 11.8 Å². The van der Waals surface area contributed by atoms with Crippen molar-refractivity contribution in [1.29, 1.82) is 0 Å². The molecular weight excluding hydrogens is 190 g/mol. The van der Waals surface area contributed by atoms with E-state index in [1.807, 2.05) is 23.9 Å². The van der Waals surface area contributed by atoms with Gasteiger partial charge in [-0.3, -0.25) is 0 Å². The monoisotopic (exact) mass is 207 g/mol. The zero-order valence-corrected chi connectivity index (χ0v) is 9.39. The van der Waals surface area contributed by atoms with Crippen molar-refractivity contribution in [3.05, 3.63) is 43.0 Å². The van der Waals surface area contributed by atoms with Gasteiger partial charge in [0.05, 0.1) is 0 Å². The molecule has 0 aliphatic rings. The van der Waals surface area contributed by atoms with Gasteiger partial charge < -0.3 is 5.32 Å². The second-order valence-electron chi connectivity index (χ2n) is 3.14. The molecule has 0 amide bonds. The first kappa shape index (κ1) is 11.3. The van der Waals surface area contributed by atoms with Crippen LogP contribution in [-0.2, 0) is 0 Å². The van der Waals surface area contributed by atoms with Crippen LogP contribution in [0.4, 0.5) is 0 Å². The van der Waals surface area contributed by atoms with Crippen molar-refractivity contribution in [2.75, 3.05) is 12.3 Å². The third-order valence-electron chi connectivity index (χ3n) is 1.93. The van der Waals surface area contributed by atoms with E-state index in [9.17, 15) is 0 Å². The van der Waals surface area contributed by atoms with Crippen LogP contribution >= 0.6 is 11.8 Å². The molecule has 1 aromatic carbocycles. The van der Waals surface area contributed by atoms with Gasteiger partial charge >= 0.3 is 0 Å². The van der Waals surface area contributed by atoms with Gasteiger partial charge in [-0.05, 0) is 19.1 Å². The van der Waals surface area contributed by atoms with E-state index in [0.29, 0.717) is 6.04 Å². The number of benzene rings is 1. The first-order chi connectivity index (χ1) is 6.83. The minimum Gasteiger partial charge on any atom is -0.310 e. The molecule has 0 saturated carbocycles. The molecule has 1 N–H and O–H groups in total. The Balaban J connectivity index is 2.13. The fourth-order valence-corrected chi connectivity index (χ4v) is 1.86. The third kappa shape index (κ3) is 4.49. The summed E-state index contributed by atoms with van der Waals surface area (Å²) in [6.07, 6.45) is 1.92. The lowest BCUT2D eigenvalue weighted by atomic mass is 10.3. The summed E-state index contributed by atoms with van der Waals surface area (Å²) < 4.78 is 0. The van der Waals surface area contributed by atoms with Gasteiger partial charge in [-0.15, -0.1) is 18.3 Å². The molecule has 1 rings (SSSR count). The summed E-state index contributed by atoms with van der Waals surface area (Å²) in [5.74, 6) is 1.10. The molecule has 14 heavy (non-hydrogen) atoms. The standard InChI is InChI=1S/C12H17NS/c1-3-11(2)13-9-10-14-12-7-5-4-6-8-12/h3-8,11,13H,1,9-10H2,2H3. The van der Waals surface area contributed by atoms with Gasteiger partial charge in [0.2, 0.25) is 0 Å². The maximum Gasteiger partial charge on any atom is 0.0219 e. The van der Waals surface area contributed by atoms with Crippen LogP contribution in [0.25, 0.3) is 0 Å². The van der Waals surface area contributed by atoms with Gasteiger partial charge in [-0.25, -0.2) is 0 Å². The third-order valence-corrected chi connectivity index (χ3v) is 2.95. The van der Waals surface area contributed by atoms with Crippen LogP contribution in [0.15, 0.2) is 47.9 Å². The van der Waals surface area contributed by atoms with E-state index in [1.54, 1.807) is 0 Å². The van der Waals surface area contributed by atoms with E-state index < -0.39 is 0 Å². The number of nitrogens with one attached hydrogen (secondary N) is 1. The topological polar surface area (TPSA) is 12.0 Å². The molecule has 0 radical (unpaired) electrons. The Kier molecular flexibility index (Phi) is 5.42. The average molecular weight is 207 g/mol. The van der Waals surface area contributed by atoms with Gasteiger partial charge in [0.25, 0.3) is 0 Å². The Hall–Kier alpha value is -0.730. The van der Waals surface area contributed by atoms with E-state index in [2.05, 4.69) is 43.1 Å². The normalized spacial score (nSPS) is 12.4. The van der Waals surface area contributed by atoms with Gasteiger partial charge in [0.15, 0.2) is 0 Å². The SMILES string of the molecule is C=CC(C)NCCSc1ccccc1. The molecule has 76 valence electrons. The van der Waals surface area contributed by atoms with Gasteiger partial charge in [0, 0.05) is 23.2 Å². The maximum absolute atomic E-state index is 3.73. The van der Waals surface area contributed by atoms with Gasteiger partial charge in [-0.1, -0.05) is 24.3 Å². The Bertz CT molecular complexity index is 258. The van der Waals surface area contributed by atoms with Crippen LogP contribution in [0.3, 0.4) is 0 Å². The Morgan fingerprint density at radius 2 is 2.14 bits per heavy atom. The van der Waals surface area contributed by atoms with Crippen molar-refractivity contribution in [3.63, 3.8) is 0 Å². The number of rotatable bonds is 6. The minimum atomic E-state index is 0.409. The fourth-order valence-electron chi connectivity index (χ4n) is 1.06. The minimum absolute atomic E-state index is 0.409. The van der Waals surface area contributed by atoms with Crippen molar-refractivity contribution < 1.29 is 0 Å². The van der Waals surface area contributed by atoms with E-state index >= 15 is 0 Å². The maximum atomic E-state index is 3.73. The van der Waals surface area contributed by atoms with Crippen molar-refractivity contribution in [3.8, 4) is 0 Å². The first-order valence-electron chi connectivity index (χ1n) is 4.86. The highest BCUT2D eigenvalue weighted by Crippen LogP contribution is 2.15. The zero-order valence-electron chi connectivity index (χ0n) is 8.57. The molecule has 0 bridgehead atoms. The molecule has 1 aromatic rings. The first-order valence-corrected chi connectivity index (χ1v) is 5.85. The van der Waals surface area contributed by atoms with Crippen molar-refractivity contribution in [2.45, 2.75) is 17.9 Å². The van der Waals surface area contributed by atoms with Crippen LogP contribution < -0.4 is 5.32 Å². The second kappa shape index (κ2) is 6.68. The van der Waals surface area contributed by atoms with Crippen LogP contribution in [-0.4, -0.2) is 18.3 Å². The largest absolute Gasteiger partial charge is 0.310 e. The predicted octanol–water partition coefficient (Wildman–Crippen LogP) is 2.94. The molecule has 0 aliphatic carbocycles. The molecule has 1 atom stereocenters. The molecule has 1 nitrogen and oxygen atoms in total. The van der Waals surface area contributed by atoms with E-state index in [1.165, 1.54) is 4.90 Å². The van der Waals surface area contributed by atoms with E-state index in [-0.39, 0.29) is 0 Å². The lowest BCUT2D eigenvalue weighted by Gasteiger charge is -2.08. The lowest BCUT2D eigenvalue weighted by molar-refractivity contribution is 0.666. The van der Waals surface area contributed by atoms with Gasteiger partial charge in [0.1, 0.15) is 0 Å². The average Bonchev–Trinajstić information content (AvgIpc) is 2.25. The van der Waals surface area contributed by atoms with Crippen LogP contribution in [0, 0.1) is 0 Å². The van der Waals surface area contributed by atoms with E-state index in [0.717, 1.165) is 12.3 Å².